The first-order valence-electron chi connectivity index (χ1n) is 9.58. The maximum atomic E-state index is 13.9. The number of carbonyl (C=O) groups excluding carboxylic acids is 1. The highest BCUT2D eigenvalue weighted by Crippen LogP contribution is 2.37. The predicted octanol–water partition coefficient (Wildman–Crippen LogP) is 3.87. The van der Waals surface area contributed by atoms with E-state index < -0.39 is 18.3 Å². The van der Waals surface area contributed by atoms with Crippen molar-refractivity contribution in [3.05, 3.63) is 47.4 Å². The first-order chi connectivity index (χ1) is 13.4. The lowest BCUT2D eigenvalue weighted by atomic mass is 9.85. The van der Waals surface area contributed by atoms with E-state index in [1.165, 1.54) is 16.8 Å². The Labute approximate surface area is 161 Å². The fraction of sp³-hybridized carbons (Fsp3) is 0.500. The number of halogens is 3. The van der Waals surface area contributed by atoms with E-state index in [4.69, 9.17) is 0 Å². The Kier molecular flexibility index (Phi) is 5.03. The van der Waals surface area contributed by atoms with Crippen LogP contribution in [0.25, 0.3) is 0 Å². The van der Waals surface area contributed by atoms with Crippen LogP contribution in [0.3, 0.4) is 0 Å². The predicted molar refractivity (Wildman–Crippen MR) is 99.1 cm³/mol. The van der Waals surface area contributed by atoms with Gasteiger partial charge in [-0.3, -0.25) is 4.79 Å². The largest absolute Gasteiger partial charge is 0.367 e. The number of likely N-dealkylation sites (tertiary alicyclic amines) is 1. The molecule has 28 heavy (non-hydrogen) atoms. The number of fused-ring (bicyclic) bond motifs is 1. The summed E-state index contributed by atoms with van der Waals surface area (Å²) < 4.78 is 42.4. The third-order valence-electron chi connectivity index (χ3n) is 5.79. The van der Waals surface area contributed by atoms with Gasteiger partial charge in [-0.2, -0.15) is 5.10 Å². The molecule has 1 aromatic heterocycles. The molecule has 1 aromatic carbocycles. The van der Waals surface area contributed by atoms with Crippen LogP contribution in [0.2, 0.25) is 0 Å². The lowest BCUT2D eigenvalue weighted by Crippen LogP contribution is -2.46. The minimum absolute atomic E-state index is 0.0777. The van der Waals surface area contributed by atoms with Crippen LogP contribution in [0.15, 0.2) is 30.3 Å². The van der Waals surface area contributed by atoms with Crippen molar-refractivity contribution in [1.29, 1.82) is 0 Å². The average molecular weight is 392 g/mol. The smallest absolute Gasteiger partial charge is 0.260 e. The SMILES string of the molecule is Cc1cc2n(n1)[C@@H](C(F)F)C[C@@H](C1CCN(C(=O)c3ccccc3F)CC1)N2. The first-order valence-corrected chi connectivity index (χ1v) is 9.58. The molecule has 0 unspecified atom stereocenters. The highest BCUT2D eigenvalue weighted by atomic mass is 19.3. The lowest BCUT2D eigenvalue weighted by molar-refractivity contribution is 0.0537. The monoisotopic (exact) mass is 392 g/mol. The third kappa shape index (κ3) is 3.47. The second kappa shape index (κ2) is 7.48. The number of amides is 1. The van der Waals surface area contributed by atoms with E-state index in [0.29, 0.717) is 43.9 Å². The second-order valence-corrected chi connectivity index (χ2v) is 7.61. The van der Waals surface area contributed by atoms with Gasteiger partial charge in [-0.15, -0.1) is 0 Å². The maximum Gasteiger partial charge on any atom is 0.260 e. The first kappa shape index (κ1) is 18.8. The van der Waals surface area contributed by atoms with Crippen LogP contribution >= 0.6 is 0 Å². The maximum absolute atomic E-state index is 13.9. The summed E-state index contributed by atoms with van der Waals surface area (Å²) in [6.45, 7) is 2.78. The highest BCUT2D eigenvalue weighted by Gasteiger charge is 2.38. The molecule has 150 valence electrons. The van der Waals surface area contributed by atoms with Crippen molar-refractivity contribution in [2.75, 3.05) is 18.4 Å². The molecule has 2 aliphatic heterocycles. The molecule has 0 spiro atoms. The van der Waals surface area contributed by atoms with Gasteiger partial charge in [-0.1, -0.05) is 12.1 Å². The number of benzene rings is 1. The molecule has 2 atom stereocenters. The average Bonchev–Trinajstić information content (AvgIpc) is 3.07. The zero-order chi connectivity index (χ0) is 19.8. The molecule has 3 heterocycles. The molecule has 0 radical (unpaired) electrons. The van der Waals surface area contributed by atoms with Crippen molar-refractivity contribution < 1.29 is 18.0 Å². The third-order valence-corrected chi connectivity index (χ3v) is 5.79. The molecule has 1 N–H and O–H groups in total. The van der Waals surface area contributed by atoms with Gasteiger partial charge >= 0.3 is 0 Å². The Hall–Kier alpha value is -2.51. The number of nitrogens with one attached hydrogen (secondary N) is 1. The second-order valence-electron chi connectivity index (χ2n) is 7.61. The summed E-state index contributed by atoms with van der Waals surface area (Å²) in [5.41, 5.74) is 0.785. The molecule has 8 heteroatoms. The zero-order valence-corrected chi connectivity index (χ0v) is 15.6. The van der Waals surface area contributed by atoms with Gasteiger partial charge in [0.25, 0.3) is 12.3 Å². The van der Waals surface area contributed by atoms with Gasteiger partial charge in [0.1, 0.15) is 17.7 Å². The fourth-order valence-corrected chi connectivity index (χ4v) is 4.32. The Morgan fingerprint density at radius 1 is 1.25 bits per heavy atom. The van der Waals surface area contributed by atoms with E-state index in [-0.39, 0.29) is 23.4 Å². The highest BCUT2D eigenvalue weighted by molar-refractivity contribution is 5.94. The Morgan fingerprint density at radius 3 is 2.64 bits per heavy atom. The quantitative estimate of drug-likeness (QED) is 0.863. The van der Waals surface area contributed by atoms with Crippen molar-refractivity contribution in [3.63, 3.8) is 0 Å². The molecule has 1 fully saturated rings. The van der Waals surface area contributed by atoms with Crippen molar-refractivity contribution in [2.45, 2.75) is 44.7 Å². The topological polar surface area (TPSA) is 50.2 Å². The van der Waals surface area contributed by atoms with Gasteiger partial charge in [-0.05, 0) is 44.2 Å². The van der Waals surface area contributed by atoms with E-state index in [0.717, 1.165) is 0 Å². The number of aryl methyl sites for hydroxylation is 1. The molecule has 2 aromatic rings. The number of nitrogens with zero attached hydrogens (tertiary/aromatic N) is 3. The zero-order valence-electron chi connectivity index (χ0n) is 15.6. The van der Waals surface area contributed by atoms with Crippen molar-refractivity contribution in [3.8, 4) is 0 Å². The van der Waals surface area contributed by atoms with Gasteiger partial charge in [0, 0.05) is 25.2 Å². The van der Waals surface area contributed by atoms with Crippen LogP contribution in [0, 0.1) is 18.7 Å². The van der Waals surface area contributed by atoms with E-state index in [2.05, 4.69) is 10.4 Å². The number of aromatic nitrogens is 2. The summed E-state index contributed by atoms with van der Waals surface area (Å²) in [7, 11) is 0. The van der Waals surface area contributed by atoms with E-state index in [9.17, 15) is 18.0 Å². The van der Waals surface area contributed by atoms with Gasteiger partial charge in [0.2, 0.25) is 0 Å². The van der Waals surface area contributed by atoms with Gasteiger partial charge in [0.05, 0.1) is 11.3 Å². The van der Waals surface area contributed by atoms with Crippen LogP contribution < -0.4 is 5.32 Å². The van der Waals surface area contributed by atoms with Gasteiger partial charge in [0.15, 0.2) is 0 Å². The molecular weight excluding hydrogens is 369 g/mol. The lowest BCUT2D eigenvalue weighted by Gasteiger charge is -2.40. The summed E-state index contributed by atoms with van der Waals surface area (Å²) in [6, 6.07) is 6.73. The number of hydrogen-bond acceptors (Lipinski definition) is 3. The summed E-state index contributed by atoms with van der Waals surface area (Å²) in [4.78, 5) is 14.2. The summed E-state index contributed by atoms with van der Waals surface area (Å²) in [5.74, 6) is -0.0296. The standard InChI is InChI=1S/C20H23F3N4O/c1-12-10-18-24-16(11-17(19(22)23)27(18)25-12)13-6-8-26(9-7-13)20(28)14-4-2-3-5-15(14)21/h2-5,10,13,16-17,19,24H,6-9,11H2,1H3/t16-,17+/m0/s1. The Morgan fingerprint density at radius 2 is 1.96 bits per heavy atom. The van der Waals surface area contributed by atoms with E-state index in [1.54, 1.807) is 30.0 Å². The Bertz CT molecular complexity index is 861. The summed E-state index contributed by atoms with van der Waals surface area (Å²) in [6.07, 6.45) is -0.787. The number of piperidine rings is 1. The number of anilines is 1. The van der Waals surface area contributed by atoms with Crippen molar-refractivity contribution in [1.82, 2.24) is 14.7 Å². The van der Waals surface area contributed by atoms with Crippen LogP contribution in [0.1, 0.15) is 41.4 Å². The number of alkyl halides is 2. The molecule has 1 amide bonds. The molecule has 0 saturated carbocycles. The molecule has 1 saturated heterocycles. The Balaban J connectivity index is 1.43. The fourth-order valence-electron chi connectivity index (χ4n) is 4.32. The van der Waals surface area contributed by atoms with Gasteiger partial charge < -0.3 is 10.2 Å². The normalized spacial score (nSPS) is 22.8. The molecule has 5 nitrogen and oxygen atoms in total. The summed E-state index contributed by atoms with van der Waals surface area (Å²) >= 11 is 0. The molecule has 2 aliphatic rings. The number of carbonyl (C=O) groups is 1. The van der Waals surface area contributed by atoms with Crippen LogP contribution in [0.5, 0.6) is 0 Å². The van der Waals surface area contributed by atoms with E-state index in [1.807, 2.05) is 0 Å². The molecular formula is C20H23F3N4O. The van der Waals surface area contributed by atoms with E-state index >= 15 is 0 Å². The number of rotatable bonds is 3. The van der Waals surface area contributed by atoms with Crippen LogP contribution in [-0.2, 0) is 0 Å². The number of hydrogen-bond donors (Lipinski definition) is 1. The summed E-state index contributed by atoms with van der Waals surface area (Å²) in [5, 5.41) is 7.56. The molecule has 4 rings (SSSR count). The van der Waals surface area contributed by atoms with Crippen LogP contribution in [-0.4, -0.2) is 46.1 Å². The van der Waals surface area contributed by atoms with Gasteiger partial charge in [-0.25, -0.2) is 17.9 Å². The van der Waals surface area contributed by atoms with Crippen LogP contribution in [0.4, 0.5) is 19.0 Å². The minimum Gasteiger partial charge on any atom is -0.367 e. The molecule has 0 bridgehead atoms. The van der Waals surface area contributed by atoms with Crippen molar-refractivity contribution in [2.24, 2.45) is 5.92 Å². The molecule has 0 aliphatic carbocycles. The van der Waals surface area contributed by atoms with Crippen molar-refractivity contribution >= 4 is 11.7 Å². The minimum atomic E-state index is -2.48.